The Hall–Kier alpha value is 3.61. The first-order valence-electron chi connectivity index (χ1n) is 1.26. The Balaban J connectivity index is -0.000000180. The van der Waals surface area contributed by atoms with Crippen LogP contribution in [0.3, 0.4) is 0 Å². The molecule has 2 atom stereocenters. The molecule has 0 aromatic heterocycles. The quantitative estimate of drug-likeness (QED) is 0.441. The number of rotatable bonds is 2. The van der Waals surface area contributed by atoms with Gasteiger partial charge in [0.1, 0.15) is 0 Å². The van der Waals surface area contributed by atoms with E-state index in [2.05, 4.69) is 4.31 Å². The van der Waals surface area contributed by atoms with Gasteiger partial charge in [0.05, 0.1) is 0 Å². The molecule has 0 saturated heterocycles. The molecule has 0 radical (unpaired) electrons. The molecule has 2 unspecified atom stereocenters. The Kier molecular flexibility index (Phi) is 23.8. The summed E-state index contributed by atoms with van der Waals surface area (Å²) in [5, 5.41) is 0. The van der Waals surface area contributed by atoms with Crippen LogP contribution in [-0.4, -0.2) is 113 Å². The molecule has 0 aliphatic rings. The Morgan fingerprint density at radius 3 is 1.22 bits per heavy atom. The molecule has 0 spiro atoms. The van der Waals surface area contributed by atoms with Crippen LogP contribution in [0.2, 0.25) is 0 Å². The van der Waals surface area contributed by atoms with Crippen molar-refractivity contribution >= 4 is 119 Å². The molecule has 0 amide bonds. The topological polar surface area (TPSA) is 83.8 Å². The third-order valence-electron chi connectivity index (χ3n) is 0.175. The van der Waals surface area contributed by atoms with Crippen LogP contribution in [0.15, 0.2) is 0 Å². The first-order chi connectivity index (χ1) is 3.13. The summed E-state index contributed by atoms with van der Waals surface area (Å²) in [4.78, 5) is 15.4. The standard InChI is InChI=1S/2K.H4O5P2.2H/c;;1-6(2)5-7(3)4;;/h;;6-7H,(H,1,2)(H,3,4);;. The molecule has 5 nitrogen and oxygen atoms in total. The van der Waals surface area contributed by atoms with Crippen LogP contribution >= 0.6 is 16.5 Å². The molecule has 0 rings (SSSR count). The summed E-state index contributed by atoms with van der Waals surface area (Å²) in [5.74, 6) is 0. The summed E-state index contributed by atoms with van der Waals surface area (Å²) >= 11 is 0. The van der Waals surface area contributed by atoms with Crippen LogP contribution < -0.4 is 0 Å². The fourth-order valence-electron chi connectivity index (χ4n) is 0.0747. The van der Waals surface area contributed by atoms with Crippen LogP contribution in [0.1, 0.15) is 0 Å². The first kappa shape index (κ1) is 18.4. The zero-order valence-corrected chi connectivity index (χ0v) is 5.12. The molecular formula is H6K2O5P2. The van der Waals surface area contributed by atoms with Gasteiger partial charge in [-0.05, 0) is 0 Å². The monoisotopic (exact) mass is 226 g/mol. The second-order valence-electron chi connectivity index (χ2n) is 0.634. The predicted molar refractivity (Wildman–Crippen MR) is 37.8 cm³/mol. The van der Waals surface area contributed by atoms with E-state index < -0.39 is 16.5 Å². The van der Waals surface area contributed by atoms with Crippen molar-refractivity contribution < 1.29 is 23.2 Å². The van der Waals surface area contributed by atoms with E-state index in [1.165, 1.54) is 0 Å². The van der Waals surface area contributed by atoms with Crippen molar-refractivity contribution in [1.29, 1.82) is 0 Å². The predicted octanol–water partition coefficient (Wildman–Crippen LogP) is -1.53. The molecule has 0 aliphatic heterocycles. The third kappa shape index (κ3) is 18.5. The summed E-state index contributed by atoms with van der Waals surface area (Å²) in [6, 6.07) is 0. The average molecular weight is 226 g/mol. The van der Waals surface area contributed by atoms with Gasteiger partial charge in [-0.15, -0.1) is 0 Å². The van der Waals surface area contributed by atoms with E-state index in [0.717, 1.165) is 0 Å². The maximum absolute atomic E-state index is 9.44. The second kappa shape index (κ2) is 11.6. The van der Waals surface area contributed by atoms with Gasteiger partial charge in [-0.25, -0.2) is 4.31 Å². The molecular weight excluding hydrogens is 220 g/mol. The molecule has 48 valence electrons. The summed E-state index contributed by atoms with van der Waals surface area (Å²) < 4.78 is 22.3. The van der Waals surface area contributed by atoms with Crippen LogP contribution in [0.4, 0.5) is 0 Å². The third-order valence-corrected chi connectivity index (χ3v) is 1.57. The fraction of sp³-hybridized carbons (Fsp3) is 0. The summed E-state index contributed by atoms with van der Waals surface area (Å²) in [6.45, 7) is 0. The Morgan fingerprint density at radius 2 is 1.22 bits per heavy atom. The van der Waals surface area contributed by atoms with Crippen LogP contribution in [0.25, 0.3) is 0 Å². The molecule has 0 aromatic rings. The Labute approximate surface area is 139 Å². The minimum absolute atomic E-state index is 0. The fourth-order valence-corrected chi connectivity index (χ4v) is 0.672. The minimum atomic E-state index is -3.20. The van der Waals surface area contributed by atoms with Crippen molar-refractivity contribution in [2.45, 2.75) is 0 Å². The molecule has 9 heteroatoms. The van der Waals surface area contributed by atoms with Crippen molar-refractivity contribution in [3.05, 3.63) is 0 Å². The maximum atomic E-state index is 9.44. The van der Waals surface area contributed by atoms with Gasteiger partial charge in [0.15, 0.2) is 0 Å². The first-order valence-corrected chi connectivity index (χ1v) is 3.79. The molecule has 0 saturated carbocycles. The summed E-state index contributed by atoms with van der Waals surface area (Å²) in [6.07, 6.45) is 0. The normalized spacial score (nSPS) is 14.4. The average Bonchev–Trinajstić information content (AvgIpc) is 1.27. The zero-order chi connectivity index (χ0) is 5.86. The van der Waals surface area contributed by atoms with Gasteiger partial charge in [0, 0.05) is 0 Å². The van der Waals surface area contributed by atoms with Crippen molar-refractivity contribution in [2.75, 3.05) is 0 Å². The van der Waals surface area contributed by atoms with Crippen LogP contribution in [0, 0.1) is 0 Å². The van der Waals surface area contributed by atoms with Crippen molar-refractivity contribution in [3.8, 4) is 0 Å². The van der Waals surface area contributed by atoms with E-state index in [0.29, 0.717) is 0 Å². The molecule has 0 aliphatic carbocycles. The molecule has 9 heavy (non-hydrogen) atoms. The summed E-state index contributed by atoms with van der Waals surface area (Å²) in [7, 11) is -6.40. The van der Waals surface area contributed by atoms with Crippen LogP contribution in [-0.2, 0) is 13.4 Å². The molecule has 0 fully saturated rings. The van der Waals surface area contributed by atoms with E-state index in [-0.39, 0.29) is 103 Å². The molecule has 2 N–H and O–H groups in total. The van der Waals surface area contributed by atoms with E-state index >= 15 is 0 Å². The van der Waals surface area contributed by atoms with Gasteiger partial charge in [0.25, 0.3) is 0 Å². The van der Waals surface area contributed by atoms with Gasteiger partial charge in [-0.1, -0.05) is 0 Å². The van der Waals surface area contributed by atoms with E-state index in [1.54, 1.807) is 0 Å². The molecule has 0 aromatic carbocycles. The Morgan fingerprint density at radius 1 is 1.00 bits per heavy atom. The van der Waals surface area contributed by atoms with Crippen molar-refractivity contribution in [2.24, 2.45) is 0 Å². The van der Waals surface area contributed by atoms with Crippen LogP contribution in [0.5, 0.6) is 0 Å². The molecule has 0 bridgehead atoms. The van der Waals surface area contributed by atoms with Gasteiger partial charge in [-0.3, -0.25) is 9.13 Å². The summed E-state index contributed by atoms with van der Waals surface area (Å²) in [5.41, 5.74) is 0. The zero-order valence-electron chi connectivity index (χ0n) is 3.12. The van der Waals surface area contributed by atoms with Gasteiger partial charge < -0.3 is 9.79 Å². The van der Waals surface area contributed by atoms with Gasteiger partial charge in [-0.2, -0.15) is 0 Å². The van der Waals surface area contributed by atoms with E-state index in [9.17, 15) is 9.13 Å². The van der Waals surface area contributed by atoms with Crippen molar-refractivity contribution in [3.63, 3.8) is 0 Å². The van der Waals surface area contributed by atoms with Gasteiger partial charge in [0.2, 0.25) is 0 Å². The molecule has 0 heterocycles. The second-order valence-corrected chi connectivity index (χ2v) is 2.51. The van der Waals surface area contributed by atoms with Gasteiger partial charge >= 0.3 is 119 Å². The number of hydrogen-bond donors (Lipinski definition) is 2. The van der Waals surface area contributed by atoms with E-state index in [1.807, 2.05) is 0 Å². The van der Waals surface area contributed by atoms with Crippen molar-refractivity contribution in [1.82, 2.24) is 0 Å². The number of hydrogen-bond acceptors (Lipinski definition) is 3. The van der Waals surface area contributed by atoms with E-state index in [4.69, 9.17) is 9.79 Å². The SMILES string of the molecule is O=[PH](O)O[PH](=O)O.[KH].[KH]. The Bertz CT molecular complexity index is 89.1.